The first kappa shape index (κ1) is 18.5. The zero-order valence-electron chi connectivity index (χ0n) is 15.4. The Hall–Kier alpha value is -2.27. The van der Waals surface area contributed by atoms with Crippen molar-refractivity contribution >= 4 is 35.0 Å². The highest BCUT2D eigenvalue weighted by atomic mass is 32.2. The molecular formula is C21H24N2O2S. The lowest BCUT2D eigenvalue weighted by Crippen LogP contribution is -2.25. The summed E-state index contributed by atoms with van der Waals surface area (Å²) in [7, 11) is 0. The lowest BCUT2D eigenvalue weighted by atomic mass is 10.1. The van der Waals surface area contributed by atoms with Crippen molar-refractivity contribution in [3.63, 3.8) is 0 Å². The first-order valence-electron chi connectivity index (χ1n) is 8.89. The van der Waals surface area contributed by atoms with Crippen LogP contribution in [-0.4, -0.2) is 23.6 Å². The first-order valence-corrected chi connectivity index (χ1v) is 9.77. The van der Waals surface area contributed by atoms with E-state index < -0.39 is 0 Å². The summed E-state index contributed by atoms with van der Waals surface area (Å²) in [4.78, 5) is 27.1. The van der Waals surface area contributed by atoms with Gasteiger partial charge in [0, 0.05) is 35.0 Å². The van der Waals surface area contributed by atoms with Gasteiger partial charge in [-0.15, -0.1) is 11.8 Å². The summed E-state index contributed by atoms with van der Waals surface area (Å²) >= 11 is 1.81. The average Bonchev–Trinajstić information content (AvgIpc) is 2.99. The highest BCUT2D eigenvalue weighted by molar-refractivity contribution is 7.99. The molecule has 0 spiro atoms. The summed E-state index contributed by atoms with van der Waals surface area (Å²) < 4.78 is 0. The molecule has 0 fully saturated rings. The number of thioether (sulfide) groups is 1. The monoisotopic (exact) mass is 368 g/mol. The van der Waals surface area contributed by atoms with Gasteiger partial charge in [0.1, 0.15) is 0 Å². The van der Waals surface area contributed by atoms with E-state index >= 15 is 0 Å². The topological polar surface area (TPSA) is 49.4 Å². The molecule has 0 bridgehead atoms. The second-order valence-electron chi connectivity index (χ2n) is 6.80. The van der Waals surface area contributed by atoms with E-state index in [9.17, 15) is 9.59 Å². The van der Waals surface area contributed by atoms with E-state index in [1.165, 1.54) is 4.90 Å². The van der Waals surface area contributed by atoms with Crippen LogP contribution < -0.4 is 10.2 Å². The Bertz CT molecular complexity index is 815. The van der Waals surface area contributed by atoms with Gasteiger partial charge < -0.3 is 10.2 Å². The van der Waals surface area contributed by atoms with Crippen LogP contribution in [0.4, 0.5) is 11.4 Å². The fourth-order valence-electron chi connectivity index (χ4n) is 3.13. The third-order valence-electron chi connectivity index (χ3n) is 4.30. The smallest absolute Gasteiger partial charge is 0.228 e. The Labute approximate surface area is 159 Å². The van der Waals surface area contributed by atoms with Crippen LogP contribution in [-0.2, 0) is 22.4 Å². The number of carbonyl (C=O) groups excluding carboxylic acids is 2. The van der Waals surface area contributed by atoms with Gasteiger partial charge in [-0.3, -0.25) is 9.59 Å². The van der Waals surface area contributed by atoms with Crippen LogP contribution in [0.15, 0.2) is 47.4 Å². The van der Waals surface area contributed by atoms with Crippen LogP contribution >= 0.6 is 11.8 Å². The molecule has 0 radical (unpaired) electrons. The van der Waals surface area contributed by atoms with Crippen molar-refractivity contribution in [3.8, 4) is 0 Å². The minimum atomic E-state index is -0.0541. The molecule has 0 atom stereocenters. The number of amides is 2. The summed E-state index contributed by atoms with van der Waals surface area (Å²) in [6.07, 6.45) is 1.20. The zero-order chi connectivity index (χ0) is 18.7. The maximum Gasteiger partial charge on any atom is 0.228 e. The van der Waals surface area contributed by atoms with Crippen LogP contribution in [0.2, 0.25) is 0 Å². The molecular weight excluding hydrogens is 344 g/mol. The number of anilines is 2. The molecule has 4 nitrogen and oxygen atoms in total. The second-order valence-corrected chi connectivity index (χ2v) is 8.45. The van der Waals surface area contributed by atoms with Crippen molar-refractivity contribution in [2.45, 2.75) is 43.8 Å². The second kappa shape index (κ2) is 7.96. The molecule has 5 heteroatoms. The highest BCUT2D eigenvalue weighted by Gasteiger charge is 2.22. The molecule has 1 heterocycles. The molecule has 0 aromatic heterocycles. The predicted molar refractivity (Wildman–Crippen MR) is 108 cm³/mol. The highest BCUT2D eigenvalue weighted by Crippen LogP contribution is 2.31. The molecule has 136 valence electrons. The molecule has 1 N–H and O–H groups in total. The van der Waals surface area contributed by atoms with Gasteiger partial charge in [-0.1, -0.05) is 32.0 Å². The molecule has 0 saturated heterocycles. The van der Waals surface area contributed by atoms with E-state index in [0.29, 0.717) is 18.2 Å². The average molecular weight is 369 g/mol. The van der Waals surface area contributed by atoms with Crippen molar-refractivity contribution < 1.29 is 9.59 Å². The Morgan fingerprint density at radius 3 is 2.54 bits per heavy atom. The molecule has 0 unspecified atom stereocenters. The molecule has 0 saturated carbocycles. The van der Waals surface area contributed by atoms with Gasteiger partial charge in [-0.2, -0.15) is 0 Å². The van der Waals surface area contributed by atoms with Crippen molar-refractivity contribution in [1.29, 1.82) is 0 Å². The number of hydrogen-bond donors (Lipinski definition) is 1. The largest absolute Gasteiger partial charge is 0.326 e. The van der Waals surface area contributed by atoms with Crippen LogP contribution in [0.25, 0.3) is 0 Å². The van der Waals surface area contributed by atoms with E-state index in [0.717, 1.165) is 28.9 Å². The first-order chi connectivity index (χ1) is 12.4. The normalized spacial score (nSPS) is 13.0. The number of rotatable bonds is 5. The summed E-state index contributed by atoms with van der Waals surface area (Å²) in [5, 5.41) is 3.48. The Kier molecular flexibility index (Phi) is 5.67. The van der Waals surface area contributed by atoms with Gasteiger partial charge in [0.25, 0.3) is 0 Å². The molecule has 3 rings (SSSR count). The third-order valence-corrected chi connectivity index (χ3v) is 5.32. The van der Waals surface area contributed by atoms with Crippen LogP contribution in [0.1, 0.15) is 31.9 Å². The van der Waals surface area contributed by atoms with Crippen molar-refractivity contribution in [2.75, 3.05) is 16.8 Å². The van der Waals surface area contributed by atoms with Gasteiger partial charge in [0.05, 0.1) is 6.42 Å². The molecule has 2 aromatic rings. The summed E-state index contributed by atoms with van der Waals surface area (Å²) in [5.74, 6) is -0.0202. The fourth-order valence-corrected chi connectivity index (χ4v) is 3.97. The zero-order valence-corrected chi connectivity index (χ0v) is 16.2. The fraction of sp³-hybridized carbons (Fsp3) is 0.333. The minimum absolute atomic E-state index is 0.0339. The maximum atomic E-state index is 12.4. The number of nitrogens with one attached hydrogen (secondary N) is 1. The quantitative estimate of drug-likeness (QED) is 0.802. The lowest BCUT2D eigenvalue weighted by Gasteiger charge is -2.16. The van der Waals surface area contributed by atoms with Gasteiger partial charge >= 0.3 is 0 Å². The van der Waals surface area contributed by atoms with E-state index in [-0.39, 0.29) is 11.8 Å². The molecule has 1 aliphatic rings. The van der Waals surface area contributed by atoms with E-state index in [1.54, 1.807) is 11.8 Å². The summed E-state index contributed by atoms with van der Waals surface area (Å²) in [6.45, 7) is 6.61. The van der Waals surface area contributed by atoms with Crippen LogP contribution in [0, 0.1) is 0 Å². The number of nitrogens with zero attached hydrogens (tertiary/aromatic N) is 1. The SMILES string of the molecule is CC(=O)N1CCc2ccc(NC(=O)Cc3ccc(SC(C)C)cc3)cc21. The van der Waals surface area contributed by atoms with Crippen LogP contribution in [0.3, 0.4) is 0 Å². The van der Waals surface area contributed by atoms with Crippen molar-refractivity contribution in [1.82, 2.24) is 0 Å². The maximum absolute atomic E-state index is 12.4. The van der Waals surface area contributed by atoms with E-state index in [2.05, 4.69) is 31.3 Å². The number of benzene rings is 2. The summed E-state index contributed by atoms with van der Waals surface area (Å²) in [6, 6.07) is 13.9. The summed E-state index contributed by atoms with van der Waals surface area (Å²) in [5.41, 5.74) is 3.78. The number of fused-ring (bicyclic) bond motifs is 1. The Morgan fingerprint density at radius 2 is 1.88 bits per heavy atom. The minimum Gasteiger partial charge on any atom is -0.326 e. The molecule has 1 aliphatic heterocycles. The van der Waals surface area contributed by atoms with Crippen molar-refractivity contribution in [3.05, 3.63) is 53.6 Å². The van der Waals surface area contributed by atoms with Gasteiger partial charge in [0.15, 0.2) is 0 Å². The van der Waals surface area contributed by atoms with Crippen molar-refractivity contribution in [2.24, 2.45) is 0 Å². The lowest BCUT2D eigenvalue weighted by molar-refractivity contribution is -0.116. The van der Waals surface area contributed by atoms with Crippen LogP contribution in [0.5, 0.6) is 0 Å². The Morgan fingerprint density at radius 1 is 1.15 bits per heavy atom. The predicted octanol–water partition coefficient (Wildman–Crippen LogP) is 4.28. The molecule has 2 aromatic carbocycles. The molecule has 2 amide bonds. The standard InChI is InChI=1S/C21H24N2O2S/c1-14(2)26-19-8-4-16(5-9-19)12-21(25)22-18-7-6-17-10-11-23(15(3)24)20(17)13-18/h4-9,13-14H,10-12H2,1-3H3,(H,22,25). The number of carbonyl (C=O) groups is 2. The Balaban J connectivity index is 1.64. The molecule has 0 aliphatic carbocycles. The van der Waals surface area contributed by atoms with Gasteiger partial charge in [0.2, 0.25) is 11.8 Å². The van der Waals surface area contributed by atoms with Gasteiger partial charge in [-0.25, -0.2) is 0 Å². The van der Waals surface area contributed by atoms with E-state index in [1.807, 2.05) is 42.1 Å². The van der Waals surface area contributed by atoms with E-state index in [4.69, 9.17) is 0 Å². The van der Waals surface area contributed by atoms with Gasteiger partial charge in [-0.05, 0) is 41.8 Å². The number of hydrogen-bond acceptors (Lipinski definition) is 3. The molecule has 26 heavy (non-hydrogen) atoms. The third kappa shape index (κ3) is 4.47.